The Kier molecular flexibility index (Phi) is 9.21. The van der Waals surface area contributed by atoms with Gasteiger partial charge in [0, 0.05) is 17.5 Å². The van der Waals surface area contributed by atoms with Gasteiger partial charge < -0.3 is 5.11 Å². The van der Waals surface area contributed by atoms with Gasteiger partial charge in [-0.25, -0.2) is 4.98 Å². The molecule has 160 valence electrons. The molecule has 0 spiro atoms. The molecule has 1 heterocycles. The molecule has 1 aliphatic rings. The van der Waals surface area contributed by atoms with E-state index in [1.807, 2.05) is 42.5 Å². The summed E-state index contributed by atoms with van der Waals surface area (Å²) < 4.78 is 0. The summed E-state index contributed by atoms with van der Waals surface area (Å²) in [6, 6.07) is 19.7. The number of para-hydroxylation sites is 1. The third-order valence-electron chi connectivity index (χ3n) is 6.18. The Morgan fingerprint density at radius 1 is 0.833 bits per heavy atom. The average molecular weight is 404 g/mol. The number of unbranched alkanes of at least 4 members (excludes halogenated alkanes) is 2. The van der Waals surface area contributed by atoms with Crippen LogP contribution in [0.25, 0.3) is 10.9 Å². The Morgan fingerprint density at radius 3 is 2.33 bits per heavy atom. The van der Waals surface area contributed by atoms with Crippen LogP contribution in [0.2, 0.25) is 0 Å². The van der Waals surface area contributed by atoms with Crippen molar-refractivity contribution in [1.29, 1.82) is 0 Å². The Labute approximate surface area is 182 Å². The van der Waals surface area contributed by atoms with Crippen LogP contribution in [0, 0.1) is 5.92 Å². The lowest BCUT2D eigenvalue weighted by molar-refractivity contribution is 0.409. The van der Waals surface area contributed by atoms with Crippen LogP contribution in [-0.4, -0.2) is 10.1 Å². The molecule has 1 saturated carbocycles. The standard InChI is InChI=1S/C16H13NO.C12H24/c18-15-8-4-7-13-9-10-14(17-16(13)15)11-12-5-2-1-3-6-12;1-2-3-6-9-12-10-7-4-5-8-11-12/h1-10,18H,11H2;12H,2-11H2,1H3. The normalized spacial score (nSPS) is 14.7. The van der Waals surface area contributed by atoms with Crippen molar-refractivity contribution in [2.45, 2.75) is 77.6 Å². The van der Waals surface area contributed by atoms with Crippen LogP contribution < -0.4 is 0 Å². The van der Waals surface area contributed by atoms with E-state index in [1.54, 1.807) is 6.07 Å². The molecule has 1 aliphatic carbocycles. The molecule has 0 unspecified atom stereocenters. The molecule has 1 N–H and O–H groups in total. The van der Waals surface area contributed by atoms with Gasteiger partial charge in [0.05, 0.1) is 0 Å². The number of fused-ring (bicyclic) bond motifs is 1. The van der Waals surface area contributed by atoms with Crippen molar-refractivity contribution in [2.24, 2.45) is 5.92 Å². The van der Waals surface area contributed by atoms with Gasteiger partial charge in [-0.15, -0.1) is 0 Å². The van der Waals surface area contributed by atoms with E-state index in [9.17, 15) is 5.11 Å². The fraction of sp³-hybridized carbons (Fsp3) is 0.464. The number of phenols is 1. The second kappa shape index (κ2) is 12.4. The molecule has 0 amide bonds. The van der Waals surface area contributed by atoms with E-state index in [0.717, 1.165) is 23.4 Å². The highest BCUT2D eigenvalue weighted by molar-refractivity contribution is 5.84. The predicted molar refractivity (Wildman–Crippen MR) is 128 cm³/mol. The summed E-state index contributed by atoms with van der Waals surface area (Å²) in [5.74, 6) is 1.33. The Morgan fingerprint density at radius 2 is 1.60 bits per heavy atom. The zero-order valence-electron chi connectivity index (χ0n) is 18.5. The summed E-state index contributed by atoms with van der Waals surface area (Å²) >= 11 is 0. The first-order chi connectivity index (χ1) is 14.8. The number of phenolic OH excluding ortho intramolecular Hbond substituents is 1. The predicted octanol–water partition coefficient (Wildman–Crippen LogP) is 8.07. The molecule has 3 aromatic rings. The molecule has 0 aliphatic heterocycles. The van der Waals surface area contributed by atoms with Crippen LogP contribution in [-0.2, 0) is 6.42 Å². The highest BCUT2D eigenvalue weighted by atomic mass is 16.3. The fourth-order valence-electron chi connectivity index (χ4n) is 4.41. The van der Waals surface area contributed by atoms with Crippen molar-refractivity contribution in [3.8, 4) is 5.75 Å². The van der Waals surface area contributed by atoms with Gasteiger partial charge >= 0.3 is 0 Å². The lowest BCUT2D eigenvalue weighted by Crippen LogP contribution is -1.97. The topological polar surface area (TPSA) is 33.1 Å². The molecular weight excluding hydrogens is 366 g/mol. The van der Waals surface area contributed by atoms with Crippen molar-refractivity contribution in [3.05, 3.63) is 71.9 Å². The van der Waals surface area contributed by atoms with Crippen LogP contribution in [0.5, 0.6) is 5.75 Å². The molecule has 2 nitrogen and oxygen atoms in total. The van der Waals surface area contributed by atoms with Crippen LogP contribution in [0.15, 0.2) is 60.7 Å². The van der Waals surface area contributed by atoms with Gasteiger partial charge in [-0.2, -0.15) is 0 Å². The number of aromatic nitrogens is 1. The molecule has 4 rings (SSSR count). The van der Waals surface area contributed by atoms with Gasteiger partial charge in [0.25, 0.3) is 0 Å². The summed E-state index contributed by atoms with van der Waals surface area (Å²) in [6.45, 7) is 2.30. The third-order valence-corrected chi connectivity index (χ3v) is 6.18. The van der Waals surface area contributed by atoms with E-state index in [-0.39, 0.29) is 5.75 Å². The van der Waals surface area contributed by atoms with E-state index in [4.69, 9.17) is 0 Å². The summed E-state index contributed by atoms with van der Waals surface area (Å²) in [7, 11) is 0. The Hall–Kier alpha value is -2.35. The highest BCUT2D eigenvalue weighted by Crippen LogP contribution is 2.27. The zero-order chi connectivity index (χ0) is 21.0. The van der Waals surface area contributed by atoms with E-state index < -0.39 is 0 Å². The molecular formula is C28H37NO. The fourth-order valence-corrected chi connectivity index (χ4v) is 4.41. The van der Waals surface area contributed by atoms with Gasteiger partial charge in [-0.1, -0.05) is 120 Å². The number of hydrogen-bond acceptors (Lipinski definition) is 2. The quantitative estimate of drug-likeness (QED) is 0.333. The second-order valence-corrected chi connectivity index (χ2v) is 8.67. The number of pyridine rings is 1. The van der Waals surface area contributed by atoms with E-state index >= 15 is 0 Å². The summed E-state index contributed by atoms with van der Waals surface area (Å²) in [5.41, 5.74) is 2.86. The molecule has 2 heteroatoms. The number of hydrogen-bond donors (Lipinski definition) is 1. The number of benzene rings is 2. The van der Waals surface area contributed by atoms with Crippen LogP contribution in [0.3, 0.4) is 0 Å². The first-order valence-electron chi connectivity index (χ1n) is 11.9. The maximum atomic E-state index is 9.80. The van der Waals surface area contributed by atoms with Crippen LogP contribution >= 0.6 is 0 Å². The number of aromatic hydroxyl groups is 1. The first-order valence-corrected chi connectivity index (χ1v) is 11.9. The SMILES string of the molecule is CCCCCC1CCCCCC1.Oc1cccc2ccc(Cc3ccccc3)nc12. The first kappa shape index (κ1) is 22.3. The summed E-state index contributed by atoms with van der Waals surface area (Å²) in [4.78, 5) is 4.52. The Balaban J connectivity index is 0.000000187. The second-order valence-electron chi connectivity index (χ2n) is 8.67. The average Bonchev–Trinajstić information content (AvgIpc) is 3.05. The van der Waals surface area contributed by atoms with Crippen LogP contribution in [0.4, 0.5) is 0 Å². The minimum absolute atomic E-state index is 0.238. The maximum Gasteiger partial charge on any atom is 0.141 e. The third kappa shape index (κ3) is 7.16. The lowest BCUT2D eigenvalue weighted by atomic mass is 9.94. The molecule has 1 fully saturated rings. The molecule has 30 heavy (non-hydrogen) atoms. The minimum Gasteiger partial charge on any atom is -0.506 e. The van der Waals surface area contributed by atoms with Gasteiger partial charge in [0.2, 0.25) is 0 Å². The van der Waals surface area contributed by atoms with E-state index in [0.29, 0.717) is 5.52 Å². The van der Waals surface area contributed by atoms with Crippen molar-refractivity contribution in [2.75, 3.05) is 0 Å². The lowest BCUT2D eigenvalue weighted by Gasteiger charge is -2.12. The number of rotatable bonds is 6. The minimum atomic E-state index is 0.238. The van der Waals surface area contributed by atoms with Gasteiger partial charge in [-0.05, 0) is 23.6 Å². The van der Waals surface area contributed by atoms with Crippen LogP contribution in [0.1, 0.15) is 82.4 Å². The smallest absolute Gasteiger partial charge is 0.141 e. The molecule has 1 aromatic heterocycles. The largest absolute Gasteiger partial charge is 0.506 e. The molecule has 2 aromatic carbocycles. The number of nitrogens with zero attached hydrogens (tertiary/aromatic N) is 1. The molecule has 0 atom stereocenters. The van der Waals surface area contributed by atoms with Gasteiger partial charge in [0.15, 0.2) is 0 Å². The van der Waals surface area contributed by atoms with Crippen molar-refractivity contribution in [3.63, 3.8) is 0 Å². The monoisotopic (exact) mass is 403 g/mol. The van der Waals surface area contributed by atoms with Crippen molar-refractivity contribution < 1.29 is 5.11 Å². The maximum absolute atomic E-state index is 9.80. The molecule has 0 saturated heterocycles. The summed E-state index contributed by atoms with van der Waals surface area (Å²) in [6.07, 6.45) is 15.7. The summed E-state index contributed by atoms with van der Waals surface area (Å²) in [5, 5.41) is 10.8. The highest BCUT2D eigenvalue weighted by Gasteiger charge is 2.11. The van der Waals surface area contributed by atoms with E-state index in [2.05, 4.69) is 24.0 Å². The van der Waals surface area contributed by atoms with Crippen molar-refractivity contribution >= 4 is 10.9 Å². The molecule has 0 radical (unpaired) electrons. The van der Waals surface area contributed by atoms with Gasteiger partial charge in [0.1, 0.15) is 11.3 Å². The molecule has 0 bridgehead atoms. The Bertz CT molecular complexity index is 866. The zero-order valence-corrected chi connectivity index (χ0v) is 18.5. The van der Waals surface area contributed by atoms with E-state index in [1.165, 1.54) is 69.8 Å². The van der Waals surface area contributed by atoms with Crippen molar-refractivity contribution in [1.82, 2.24) is 4.98 Å². The van der Waals surface area contributed by atoms with Gasteiger partial charge in [-0.3, -0.25) is 0 Å².